The molecular formula is C16H11F2N3O. The van der Waals surface area contributed by atoms with Crippen LogP contribution in [0.25, 0.3) is 5.69 Å². The van der Waals surface area contributed by atoms with Crippen LogP contribution < -0.4 is 5.32 Å². The Morgan fingerprint density at radius 1 is 1.09 bits per heavy atom. The van der Waals surface area contributed by atoms with Crippen LogP contribution in [0.4, 0.5) is 14.5 Å². The van der Waals surface area contributed by atoms with Gasteiger partial charge in [0.05, 0.1) is 11.9 Å². The van der Waals surface area contributed by atoms with Gasteiger partial charge < -0.3 is 9.88 Å². The van der Waals surface area contributed by atoms with Gasteiger partial charge in [-0.25, -0.2) is 13.8 Å². The Hall–Kier alpha value is -3.02. The van der Waals surface area contributed by atoms with Gasteiger partial charge in [-0.3, -0.25) is 4.79 Å². The molecular weight excluding hydrogens is 288 g/mol. The summed E-state index contributed by atoms with van der Waals surface area (Å²) >= 11 is 0. The minimum Gasteiger partial charge on any atom is -0.322 e. The summed E-state index contributed by atoms with van der Waals surface area (Å²) in [4.78, 5) is 15.9. The van der Waals surface area contributed by atoms with E-state index < -0.39 is 17.5 Å². The fourth-order valence-corrected chi connectivity index (χ4v) is 2.00. The molecule has 3 aromatic rings. The summed E-state index contributed by atoms with van der Waals surface area (Å²) in [5.74, 6) is -2.14. The van der Waals surface area contributed by atoms with E-state index in [2.05, 4.69) is 10.3 Å². The maximum atomic E-state index is 13.5. The number of imidazole rings is 1. The number of nitrogens with zero attached hydrogens (tertiary/aromatic N) is 2. The molecule has 6 heteroatoms. The number of rotatable bonds is 3. The Balaban J connectivity index is 1.78. The van der Waals surface area contributed by atoms with Crippen molar-refractivity contribution in [1.82, 2.24) is 9.55 Å². The molecule has 3 rings (SSSR count). The number of amides is 1. The highest BCUT2D eigenvalue weighted by atomic mass is 19.1. The number of anilines is 1. The van der Waals surface area contributed by atoms with Crippen LogP contribution in [0.1, 0.15) is 10.4 Å². The van der Waals surface area contributed by atoms with Crippen molar-refractivity contribution in [3.63, 3.8) is 0 Å². The van der Waals surface area contributed by atoms with Crippen molar-refractivity contribution < 1.29 is 13.6 Å². The fraction of sp³-hybridized carbons (Fsp3) is 0. The molecule has 110 valence electrons. The molecule has 1 amide bonds. The molecule has 4 nitrogen and oxygen atoms in total. The minimum absolute atomic E-state index is 0.335. The summed E-state index contributed by atoms with van der Waals surface area (Å²) in [6.07, 6.45) is 5.09. The summed E-state index contributed by atoms with van der Waals surface area (Å²) in [6, 6.07) is 9.65. The lowest BCUT2D eigenvalue weighted by Gasteiger charge is -2.08. The van der Waals surface area contributed by atoms with E-state index in [1.54, 1.807) is 47.6 Å². The van der Waals surface area contributed by atoms with E-state index >= 15 is 0 Å². The highest BCUT2D eigenvalue weighted by Gasteiger charge is 2.13. The Morgan fingerprint density at radius 2 is 1.86 bits per heavy atom. The van der Waals surface area contributed by atoms with Crippen molar-refractivity contribution in [1.29, 1.82) is 0 Å². The first-order valence-electron chi connectivity index (χ1n) is 6.48. The largest absolute Gasteiger partial charge is 0.322 e. The van der Waals surface area contributed by atoms with Crippen molar-refractivity contribution in [2.24, 2.45) is 0 Å². The number of hydrogen-bond donors (Lipinski definition) is 1. The first kappa shape index (κ1) is 13.9. The van der Waals surface area contributed by atoms with Gasteiger partial charge in [-0.2, -0.15) is 0 Å². The fourth-order valence-electron chi connectivity index (χ4n) is 2.00. The van der Waals surface area contributed by atoms with Crippen LogP contribution in [0, 0.1) is 11.6 Å². The third-order valence-electron chi connectivity index (χ3n) is 3.10. The predicted molar refractivity (Wildman–Crippen MR) is 77.9 cm³/mol. The van der Waals surface area contributed by atoms with Crippen molar-refractivity contribution in [2.75, 3.05) is 5.32 Å². The molecule has 0 atom stereocenters. The molecule has 0 aliphatic carbocycles. The summed E-state index contributed by atoms with van der Waals surface area (Å²) < 4.78 is 28.4. The topological polar surface area (TPSA) is 46.9 Å². The standard InChI is InChI=1S/C16H11F2N3O/c17-11-1-6-15(18)14(9-11)16(22)20-12-2-4-13(5-3-12)21-8-7-19-10-21/h1-10H,(H,20,22). The molecule has 1 heterocycles. The van der Waals surface area contributed by atoms with E-state index in [0.29, 0.717) is 5.69 Å². The molecule has 0 spiro atoms. The number of benzene rings is 2. The van der Waals surface area contributed by atoms with Gasteiger partial charge in [0.2, 0.25) is 0 Å². The van der Waals surface area contributed by atoms with Gasteiger partial charge in [0, 0.05) is 23.8 Å². The number of halogens is 2. The lowest BCUT2D eigenvalue weighted by molar-refractivity contribution is 0.102. The van der Waals surface area contributed by atoms with Crippen LogP contribution in [-0.4, -0.2) is 15.5 Å². The van der Waals surface area contributed by atoms with Crippen LogP contribution in [0.3, 0.4) is 0 Å². The van der Waals surface area contributed by atoms with Gasteiger partial charge in [-0.1, -0.05) is 0 Å². The first-order chi connectivity index (χ1) is 10.6. The molecule has 22 heavy (non-hydrogen) atoms. The Kier molecular flexibility index (Phi) is 3.65. The second-order valence-corrected chi connectivity index (χ2v) is 4.60. The summed E-state index contributed by atoms with van der Waals surface area (Å²) in [5, 5.41) is 2.53. The molecule has 1 aromatic heterocycles. The van der Waals surface area contributed by atoms with Crippen LogP contribution in [0.2, 0.25) is 0 Å². The zero-order valence-electron chi connectivity index (χ0n) is 11.3. The number of carbonyl (C=O) groups is 1. The molecule has 2 aromatic carbocycles. The average molecular weight is 299 g/mol. The van der Waals surface area contributed by atoms with Crippen molar-refractivity contribution in [2.45, 2.75) is 0 Å². The van der Waals surface area contributed by atoms with Gasteiger partial charge in [0.15, 0.2) is 0 Å². The highest BCUT2D eigenvalue weighted by molar-refractivity contribution is 6.04. The molecule has 0 radical (unpaired) electrons. The molecule has 0 aliphatic rings. The van der Waals surface area contributed by atoms with E-state index in [1.165, 1.54) is 0 Å². The van der Waals surface area contributed by atoms with Crippen LogP contribution in [0.5, 0.6) is 0 Å². The molecule has 0 aliphatic heterocycles. The third kappa shape index (κ3) is 2.85. The van der Waals surface area contributed by atoms with Crippen LogP contribution >= 0.6 is 0 Å². The van der Waals surface area contributed by atoms with Gasteiger partial charge in [0.1, 0.15) is 11.6 Å². The van der Waals surface area contributed by atoms with Gasteiger partial charge in [-0.05, 0) is 42.5 Å². The summed E-state index contributed by atoms with van der Waals surface area (Å²) in [6.45, 7) is 0. The molecule has 0 bridgehead atoms. The smallest absolute Gasteiger partial charge is 0.258 e. The molecule has 0 saturated carbocycles. The zero-order chi connectivity index (χ0) is 15.5. The normalized spacial score (nSPS) is 10.5. The van der Waals surface area contributed by atoms with E-state index in [-0.39, 0.29) is 5.56 Å². The SMILES string of the molecule is O=C(Nc1ccc(-n2ccnc2)cc1)c1cc(F)ccc1F. The molecule has 0 saturated heterocycles. The maximum absolute atomic E-state index is 13.5. The maximum Gasteiger partial charge on any atom is 0.258 e. The lowest BCUT2D eigenvalue weighted by Crippen LogP contribution is -2.14. The zero-order valence-corrected chi connectivity index (χ0v) is 11.3. The average Bonchev–Trinajstić information content (AvgIpc) is 3.05. The van der Waals surface area contributed by atoms with Gasteiger partial charge in [0.25, 0.3) is 5.91 Å². The number of nitrogens with one attached hydrogen (secondary N) is 1. The predicted octanol–water partition coefficient (Wildman–Crippen LogP) is 3.40. The van der Waals surface area contributed by atoms with E-state index in [1.807, 2.05) is 0 Å². The summed E-state index contributed by atoms with van der Waals surface area (Å²) in [7, 11) is 0. The van der Waals surface area contributed by atoms with Crippen molar-refractivity contribution in [3.8, 4) is 5.69 Å². The Morgan fingerprint density at radius 3 is 2.55 bits per heavy atom. The van der Waals surface area contributed by atoms with Gasteiger partial charge in [-0.15, -0.1) is 0 Å². The molecule has 0 fully saturated rings. The van der Waals surface area contributed by atoms with Crippen molar-refractivity contribution >= 4 is 11.6 Å². The van der Waals surface area contributed by atoms with Crippen LogP contribution in [0.15, 0.2) is 61.2 Å². The second kappa shape index (κ2) is 5.77. The minimum atomic E-state index is -0.770. The number of carbonyl (C=O) groups excluding carboxylic acids is 1. The van der Waals surface area contributed by atoms with Crippen molar-refractivity contribution in [3.05, 3.63) is 78.4 Å². The number of hydrogen-bond acceptors (Lipinski definition) is 2. The number of aromatic nitrogens is 2. The lowest BCUT2D eigenvalue weighted by atomic mass is 10.2. The first-order valence-corrected chi connectivity index (χ1v) is 6.48. The van der Waals surface area contributed by atoms with E-state index in [4.69, 9.17) is 0 Å². The third-order valence-corrected chi connectivity index (χ3v) is 3.10. The molecule has 0 unspecified atom stereocenters. The second-order valence-electron chi connectivity index (χ2n) is 4.60. The van der Waals surface area contributed by atoms with E-state index in [9.17, 15) is 13.6 Å². The quantitative estimate of drug-likeness (QED) is 0.805. The summed E-state index contributed by atoms with van der Waals surface area (Å²) in [5.41, 5.74) is 1.02. The Bertz CT molecular complexity index is 799. The molecule has 1 N–H and O–H groups in total. The van der Waals surface area contributed by atoms with Crippen LogP contribution in [-0.2, 0) is 0 Å². The van der Waals surface area contributed by atoms with Gasteiger partial charge >= 0.3 is 0 Å². The Labute approximate surface area is 125 Å². The van der Waals surface area contributed by atoms with E-state index in [0.717, 1.165) is 23.9 Å². The monoisotopic (exact) mass is 299 g/mol. The highest BCUT2D eigenvalue weighted by Crippen LogP contribution is 2.16.